The lowest BCUT2D eigenvalue weighted by Gasteiger charge is -2.08. The first-order valence-corrected chi connectivity index (χ1v) is 5.89. The minimum absolute atomic E-state index is 0.0627. The molecule has 1 aromatic heterocycles. The Balaban J connectivity index is 1.83. The fourth-order valence-electron chi connectivity index (χ4n) is 1.66. The Bertz CT molecular complexity index is 489. The van der Waals surface area contributed by atoms with Crippen molar-refractivity contribution in [3.63, 3.8) is 0 Å². The van der Waals surface area contributed by atoms with Crippen LogP contribution in [0, 0.1) is 0 Å². The average Bonchev–Trinajstić information content (AvgIpc) is 2.88. The molecule has 0 saturated carbocycles. The number of nitrogens with one attached hydrogen (secondary N) is 1. The largest absolute Gasteiger partial charge is 0.390 e. The molecule has 0 bridgehead atoms. The fraction of sp³-hybridized carbons (Fsp3) is 0.308. The van der Waals surface area contributed by atoms with Crippen LogP contribution in [0.1, 0.15) is 12.0 Å². The molecule has 6 heteroatoms. The number of hydrogen-bond acceptors (Lipinski definition) is 2. The van der Waals surface area contributed by atoms with Crippen molar-refractivity contribution in [1.82, 2.24) is 14.9 Å². The third-order valence-electron chi connectivity index (χ3n) is 2.65. The summed E-state index contributed by atoms with van der Waals surface area (Å²) in [5, 5.41) is 2.77. The highest BCUT2D eigenvalue weighted by Crippen LogP contribution is 2.18. The molecule has 0 saturated heterocycles. The van der Waals surface area contributed by atoms with E-state index >= 15 is 0 Å². The van der Waals surface area contributed by atoms with Crippen LogP contribution in [0.4, 0.5) is 13.2 Å². The van der Waals surface area contributed by atoms with Crippen molar-refractivity contribution in [2.24, 2.45) is 0 Å². The molecular formula is C13H14F3N3. The first kappa shape index (κ1) is 13.6. The molecule has 1 heterocycles. The quantitative estimate of drug-likeness (QED) is 0.846. The van der Waals surface area contributed by atoms with Crippen LogP contribution >= 0.6 is 0 Å². The molecule has 102 valence electrons. The van der Waals surface area contributed by atoms with E-state index in [2.05, 4.69) is 10.3 Å². The maximum Gasteiger partial charge on any atom is 0.390 e. The predicted molar refractivity (Wildman–Crippen MR) is 65.9 cm³/mol. The normalized spacial score (nSPS) is 11.7. The Morgan fingerprint density at radius 3 is 2.47 bits per heavy atom. The van der Waals surface area contributed by atoms with Gasteiger partial charge in [-0.3, -0.25) is 0 Å². The van der Waals surface area contributed by atoms with E-state index in [0.29, 0.717) is 6.54 Å². The molecule has 0 spiro atoms. The Morgan fingerprint density at radius 2 is 1.89 bits per heavy atom. The summed E-state index contributed by atoms with van der Waals surface area (Å²) in [4.78, 5) is 3.95. The number of nitrogens with zero attached hydrogens (tertiary/aromatic N) is 2. The topological polar surface area (TPSA) is 29.9 Å². The van der Waals surface area contributed by atoms with Gasteiger partial charge in [0.25, 0.3) is 0 Å². The summed E-state index contributed by atoms with van der Waals surface area (Å²) < 4.78 is 37.7. The zero-order valence-electron chi connectivity index (χ0n) is 10.2. The summed E-state index contributed by atoms with van der Waals surface area (Å²) in [5.41, 5.74) is 1.92. The number of halogens is 3. The molecule has 0 aliphatic carbocycles. The molecule has 0 aliphatic rings. The van der Waals surface area contributed by atoms with Gasteiger partial charge in [0, 0.05) is 31.2 Å². The lowest BCUT2D eigenvalue weighted by atomic mass is 10.2. The first-order chi connectivity index (χ1) is 9.04. The number of rotatable bonds is 5. The third-order valence-corrected chi connectivity index (χ3v) is 2.65. The molecule has 0 amide bonds. The highest BCUT2D eigenvalue weighted by Gasteiger charge is 2.25. The minimum Gasteiger partial charge on any atom is -0.312 e. The number of benzene rings is 1. The molecule has 1 aromatic carbocycles. The maximum absolute atomic E-state index is 11.9. The molecule has 2 aromatic rings. The van der Waals surface area contributed by atoms with Crippen LogP contribution < -0.4 is 5.32 Å². The monoisotopic (exact) mass is 269 g/mol. The van der Waals surface area contributed by atoms with Crippen LogP contribution in [0.5, 0.6) is 0 Å². The molecule has 19 heavy (non-hydrogen) atoms. The zero-order chi connectivity index (χ0) is 13.7. The van der Waals surface area contributed by atoms with Crippen LogP contribution in [-0.4, -0.2) is 22.3 Å². The maximum atomic E-state index is 11.9. The summed E-state index contributed by atoms with van der Waals surface area (Å²) in [6.45, 7) is 0.368. The van der Waals surface area contributed by atoms with Crippen molar-refractivity contribution in [2.75, 3.05) is 6.54 Å². The van der Waals surface area contributed by atoms with Gasteiger partial charge >= 0.3 is 6.18 Å². The van der Waals surface area contributed by atoms with E-state index in [1.807, 2.05) is 35.0 Å². The van der Waals surface area contributed by atoms with Gasteiger partial charge in [0.05, 0.1) is 12.7 Å². The second kappa shape index (κ2) is 5.88. The van der Waals surface area contributed by atoms with Crippen molar-refractivity contribution >= 4 is 0 Å². The Morgan fingerprint density at radius 1 is 1.16 bits per heavy atom. The van der Waals surface area contributed by atoms with Gasteiger partial charge in [-0.05, 0) is 17.7 Å². The molecule has 0 unspecified atom stereocenters. The van der Waals surface area contributed by atoms with Gasteiger partial charge in [0.2, 0.25) is 0 Å². The Hall–Kier alpha value is -1.82. The molecular weight excluding hydrogens is 255 g/mol. The predicted octanol–water partition coefficient (Wildman–Crippen LogP) is 2.91. The molecule has 3 nitrogen and oxygen atoms in total. The van der Waals surface area contributed by atoms with E-state index in [4.69, 9.17) is 0 Å². The van der Waals surface area contributed by atoms with Crippen molar-refractivity contribution in [2.45, 2.75) is 19.1 Å². The van der Waals surface area contributed by atoms with E-state index in [1.54, 1.807) is 12.5 Å². The summed E-state index contributed by atoms with van der Waals surface area (Å²) in [7, 11) is 0. The standard InChI is InChI=1S/C13H14F3N3/c14-13(15,16)5-6-17-9-11-1-3-12(4-2-11)19-8-7-18-10-19/h1-4,7-8,10,17H,5-6,9H2. The SMILES string of the molecule is FC(F)(F)CCNCc1ccc(-n2ccnc2)cc1. The van der Waals surface area contributed by atoms with Crippen LogP contribution in [-0.2, 0) is 6.54 Å². The van der Waals surface area contributed by atoms with Crippen LogP contribution in [0.2, 0.25) is 0 Å². The molecule has 0 fully saturated rings. The van der Waals surface area contributed by atoms with Crippen molar-refractivity contribution in [3.8, 4) is 5.69 Å². The number of hydrogen-bond donors (Lipinski definition) is 1. The smallest absolute Gasteiger partial charge is 0.312 e. The van der Waals surface area contributed by atoms with E-state index in [1.165, 1.54) is 0 Å². The highest BCUT2D eigenvalue weighted by molar-refractivity contribution is 5.34. The molecule has 2 rings (SSSR count). The van der Waals surface area contributed by atoms with E-state index in [-0.39, 0.29) is 6.54 Å². The lowest BCUT2D eigenvalue weighted by molar-refractivity contribution is -0.133. The number of alkyl halides is 3. The third kappa shape index (κ3) is 4.40. The Labute approximate surface area is 109 Å². The molecule has 0 radical (unpaired) electrons. The van der Waals surface area contributed by atoms with Gasteiger partial charge in [-0.25, -0.2) is 4.98 Å². The van der Waals surface area contributed by atoms with Crippen LogP contribution in [0.3, 0.4) is 0 Å². The minimum atomic E-state index is -4.10. The lowest BCUT2D eigenvalue weighted by Crippen LogP contribution is -2.21. The zero-order valence-corrected chi connectivity index (χ0v) is 10.2. The summed E-state index contributed by atoms with van der Waals surface area (Å²) in [5.74, 6) is 0. The van der Waals surface area contributed by atoms with E-state index in [9.17, 15) is 13.2 Å². The molecule has 0 aliphatic heterocycles. The molecule has 1 N–H and O–H groups in total. The first-order valence-electron chi connectivity index (χ1n) is 5.89. The summed E-state index contributed by atoms with van der Waals surface area (Å²) in [6, 6.07) is 7.58. The second-order valence-electron chi connectivity index (χ2n) is 4.18. The van der Waals surface area contributed by atoms with Crippen LogP contribution in [0.25, 0.3) is 5.69 Å². The summed E-state index contributed by atoms with van der Waals surface area (Å²) >= 11 is 0. The van der Waals surface area contributed by atoms with Gasteiger partial charge in [-0.2, -0.15) is 13.2 Å². The van der Waals surface area contributed by atoms with Gasteiger partial charge in [0.15, 0.2) is 0 Å². The molecule has 0 atom stereocenters. The number of imidazole rings is 1. The average molecular weight is 269 g/mol. The van der Waals surface area contributed by atoms with E-state index < -0.39 is 12.6 Å². The highest BCUT2D eigenvalue weighted by atomic mass is 19.4. The second-order valence-corrected chi connectivity index (χ2v) is 4.18. The van der Waals surface area contributed by atoms with Crippen molar-refractivity contribution < 1.29 is 13.2 Å². The van der Waals surface area contributed by atoms with Crippen molar-refractivity contribution in [1.29, 1.82) is 0 Å². The van der Waals surface area contributed by atoms with Gasteiger partial charge in [0.1, 0.15) is 0 Å². The number of aromatic nitrogens is 2. The van der Waals surface area contributed by atoms with Gasteiger partial charge in [-0.15, -0.1) is 0 Å². The summed E-state index contributed by atoms with van der Waals surface area (Å²) in [6.07, 6.45) is 0.304. The fourth-order valence-corrected chi connectivity index (χ4v) is 1.66. The van der Waals surface area contributed by atoms with Gasteiger partial charge in [-0.1, -0.05) is 12.1 Å². The van der Waals surface area contributed by atoms with Gasteiger partial charge < -0.3 is 9.88 Å². The van der Waals surface area contributed by atoms with E-state index in [0.717, 1.165) is 11.3 Å². The van der Waals surface area contributed by atoms with Crippen molar-refractivity contribution in [3.05, 3.63) is 48.5 Å². The Kier molecular flexibility index (Phi) is 4.21. The van der Waals surface area contributed by atoms with Crippen LogP contribution in [0.15, 0.2) is 43.0 Å².